The summed E-state index contributed by atoms with van der Waals surface area (Å²) in [5.74, 6) is -2.40. The minimum Gasteiger partial charge on any atom is -0.665 e. The summed E-state index contributed by atoms with van der Waals surface area (Å²) in [5.41, 5.74) is 7.86. The van der Waals surface area contributed by atoms with Crippen molar-refractivity contribution in [3.05, 3.63) is 29.5 Å². The molecule has 3 atom stereocenters. The monoisotopic (exact) mass is 671 g/mol. The van der Waals surface area contributed by atoms with Crippen LogP contribution < -0.4 is 0 Å². The Bertz CT molecular complexity index is 708. The molecule has 1 saturated heterocycles. The van der Waals surface area contributed by atoms with Gasteiger partial charge in [-0.1, -0.05) is 26.0 Å². The fraction of sp³-hybridized carbons (Fsp3) is 0.412. The van der Waals surface area contributed by atoms with E-state index >= 15 is 0 Å². The van der Waals surface area contributed by atoms with Crippen LogP contribution in [0.4, 0.5) is 0 Å². The predicted molar refractivity (Wildman–Crippen MR) is 101 cm³/mol. The molecule has 0 aliphatic carbocycles. The number of rotatable bonds is 6. The molecule has 0 spiro atoms. The minimum absolute atomic E-state index is 0. The van der Waals surface area contributed by atoms with Crippen molar-refractivity contribution in [3.63, 3.8) is 0 Å². The number of aliphatic carboxylic acids is 1. The van der Waals surface area contributed by atoms with Crippen molar-refractivity contribution >= 4 is 34.0 Å². The number of carbonyl (C=O) groups excluding carboxylic acids is 3. The van der Waals surface area contributed by atoms with Crippen LogP contribution in [0.5, 0.6) is 11.5 Å². The molecular weight excluding hydrogens is 648 g/mol. The third-order valence-corrected chi connectivity index (χ3v) is 3.75. The average Bonchev–Trinajstić information content (AvgIpc) is 2.82. The zero-order chi connectivity index (χ0) is 19.9. The third-order valence-electron chi connectivity index (χ3n) is 3.75. The molecule has 1 aromatic rings. The number of benzene rings is 1. The van der Waals surface area contributed by atoms with E-state index in [4.69, 9.17) is 21.1 Å². The Balaban J connectivity index is -0.000000437. The van der Waals surface area contributed by atoms with E-state index in [0.29, 0.717) is 12.0 Å². The van der Waals surface area contributed by atoms with Crippen LogP contribution in [0.15, 0.2) is 18.2 Å². The number of phenolic OH excluding ortho intramolecular Hbond substituents is 2. The maximum absolute atomic E-state index is 11.0. The van der Waals surface area contributed by atoms with E-state index < -0.39 is 12.0 Å². The molecule has 29 heavy (non-hydrogen) atoms. The van der Waals surface area contributed by atoms with Gasteiger partial charge in [0.05, 0.1) is 0 Å². The van der Waals surface area contributed by atoms with Crippen LogP contribution in [0.2, 0.25) is 0 Å². The summed E-state index contributed by atoms with van der Waals surface area (Å²) in [6, 6.07) is 3.14. The number of aryl methyl sites for hydroxylation is 1. The molecule has 3 unspecified atom stereocenters. The summed E-state index contributed by atoms with van der Waals surface area (Å²) in [5, 5.41) is 26.7. The van der Waals surface area contributed by atoms with Crippen LogP contribution in [0, 0.1) is 5.92 Å². The van der Waals surface area contributed by atoms with Crippen LogP contribution in [-0.4, -0.2) is 56.9 Å². The first-order chi connectivity index (χ1) is 12.2. The minimum atomic E-state index is -1.15. The number of likely N-dealkylation sites (tertiary alicyclic amines) is 1. The number of nitrogens with one attached hydrogen (secondary N) is 1. The van der Waals surface area contributed by atoms with E-state index in [9.17, 15) is 19.2 Å². The number of phenols is 2. The molecule has 2 amide bonds. The molecule has 0 saturated carbocycles. The van der Waals surface area contributed by atoms with Gasteiger partial charge >= 0.3 is 0 Å². The Hall–Kier alpha value is -0.718. The maximum Gasteiger partial charge on any atom is 0.285 e. The molecular formula is C17H23N2O7PWY-2. The predicted octanol–water partition coefficient (Wildman–Crippen LogP) is 1.08. The van der Waals surface area contributed by atoms with Crippen molar-refractivity contribution in [2.45, 2.75) is 32.2 Å². The second-order valence-corrected chi connectivity index (χ2v) is 5.82. The van der Waals surface area contributed by atoms with E-state index in [0.717, 1.165) is 4.90 Å². The summed E-state index contributed by atoms with van der Waals surface area (Å²) in [6.45, 7) is 1.45. The van der Waals surface area contributed by atoms with Gasteiger partial charge in [0.2, 0.25) is 11.8 Å². The Morgan fingerprint density at radius 1 is 1.31 bits per heavy atom. The summed E-state index contributed by atoms with van der Waals surface area (Å²) in [6.07, 6.45) is 2.31. The number of carboxylic acid groups (broad SMARTS) is 1. The van der Waals surface area contributed by atoms with Gasteiger partial charge in [-0.05, 0) is 30.2 Å². The number of nitrogens with zero attached hydrogens (tertiary/aromatic N) is 1. The molecule has 1 aliphatic rings. The van der Waals surface area contributed by atoms with E-state index in [1.807, 2.05) is 0 Å². The summed E-state index contributed by atoms with van der Waals surface area (Å²) in [7, 11) is 0. The van der Waals surface area contributed by atoms with Crippen LogP contribution in [-0.2, 0) is 79.4 Å². The fourth-order valence-corrected chi connectivity index (χ4v) is 2.24. The molecule has 0 bridgehead atoms. The van der Waals surface area contributed by atoms with E-state index in [1.54, 1.807) is 13.0 Å². The van der Waals surface area contributed by atoms with Gasteiger partial charge in [0.15, 0.2) is 11.5 Å². The Morgan fingerprint density at radius 3 is 2.31 bits per heavy atom. The van der Waals surface area contributed by atoms with E-state index in [-0.39, 0.29) is 112 Å². The van der Waals surface area contributed by atoms with Crippen molar-refractivity contribution in [1.29, 1.82) is 0 Å². The number of amides is 2. The Morgan fingerprint density at radius 2 is 1.90 bits per heavy atom. The molecule has 1 heterocycles. The number of aromatic hydroxyl groups is 2. The molecule has 0 aromatic heterocycles. The second-order valence-electron chi connectivity index (χ2n) is 5.82. The third kappa shape index (κ3) is 10.7. The smallest absolute Gasteiger partial charge is 0.285 e. The first-order valence-electron chi connectivity index (χ1n) is 7.81. The normalized spacial score (nSPS) is 15.7. The zero-order valence-corrected chi connectivity index (χ0v) is 23.0. The van der Waals surface area contributed by atoms with Gasteiger partial charge < -0.3 is 30.7 Å². The SMILES string of the molecule is CC1CC(=O)N(C[C-]=O)C1=O.P.[NH-]C(CCc1ccc(O)c(O)c1)C(=O)O.[W].[Y]. The van der Waals surface area contributed by atoms with Gasteiger partial charge in [-0.2, -0.15) is 9.90 Å². The Labute approximate surface area is 211 Å². The van der Waals surface area contributed by atoms with E-state index in [2.05, 4.69) is 0 Å². The average molecular weight is 671 g/mol. The van der Waals surface area contributed by atoms with Crippen LogP contribution >= 0.6 is 9.90 Å². The van der Waals surface area contributed by atoms with E-state index in [1.165, 1.54) is 18.4 Å². The van der Waals surface area contributed by atoms with Gasteiger partial charge in [0, 0.05) is 66.1 Å². The van der Waals surface area contributed by atoms with Gasteiger partial charge in [0.1, 0.15) is 0 Å². The van der Waals surface area contributed by atoms with Crippen LogP contribution in [0.25, 0.3) is 5.73 Å². The molecule has 159 valence electrons. The molecule has 9 nitrogen and oxygen atoms in total. The number of hydrogen-bond acceptors (Lipinski definition) is 6. The van der Waals surface area contributed by atoms with Crippen molar-refractivity contribution in [3.8, 4) is 11.5 Å². The molecule has 1 fully saturated rings. The number of carboxylic acids is 1. The van der Waals surface area contributed by atoms with Crippen molar-refractivity contribution < 1.29 is 88.3 Å². The Kier molecular flexibility index (Phi) is 18.2. The van der Waals surface area contributed by atoms with Gasteiger partial charge in [-0.15, -0.1) is 0 Å². The first kappa shape index (κ1) is 32.9. The van der Waals surface area contributed by atoms with Crippen molar-refractivity contribution in [2.75, 3.05) is 6.54 Å². The standard InChI is InChI=1S/C10H12NO4.C7H8NO3.H3P.W.Y/c11-7(10(14)15)3-1-6-2-4-8(12)9(13)5-6;1-5-4-6(10)8(2-3-9)7(5)11;;;/h2,4-5,7,11-13H,1,3H2,(H,14,15);5H,2,4H2,1H3;1H3;;/q2*-1;;;. The number of imide groups is 1. The van der Waals surface area contributed by atoms with Crippen molar-refractivity contribution in [2.24, 2.45) is 5.92 Å². The topological polar surface area (TPSA) is 156 Å². The number of carbonyl (C=O) groups is 3. The van der Waals surface area contributed by atoms with Gasteiger partial charge in [0.25, 0.3) is 5.97 Å². The molecule has 12 heteroatoms. The summed E-state index contributed by atoms with van der Waals surface area (Å²) >= 11 is 0. The van der Waals surface area contributed by atoms with Crippen molar-refractivity contribution in [1.82, 2.24) is 4.90 Å². The fourth-order valence-electron chi connectivity index (χ4n) is 2.24. The van der Waals surface area contributed by atoms with Crippen LogP contribution in [0.1, 0.15) is 25.3 Å². The molecule has 1 radical (unpaired) electrons. The second kappa shape index (κ2) is 16.0. The van der Waals surface area contributed by atoms with Crippen LogP contribution in [0.3, 0.4) is 0 Å². The largest absolute Gasteiger partial charge is 0.665 e. The quantitative estimate of drug-likeness (QED) is 0.177. The molecule has 4 N–H and O–H groups in total. The summed E-state index contributed by atoms with van der Waals surface area (Å²) in [4.78, 5) is 43.1. The molecule has 1 aliphatic heterocycles. The number of hydrogen-bond donors (Lipinski definition) is 3. The zero-order valence-electron chi connectivity index (χ0n) is 15.8. The maximum atomic E-state index is 11.0. The van der Waals surface area contributed by atoms with Gasteiger partial charge in [-0.3, -0.25) is 14.4 Å². The molecule has 1 aromatic carbocycles. The van der Waals surface area contributed by atoms with Gasteiger partial charge in [-0.25, -0.2) is 6.29 Å². The first-order valence-corrected chi connectivity index (χ1v) is 7.81. The summed E-state index contributed by atoms with van der Waals surface area (Å²) < 4.78 is 0. The molecule has 2 rings (SSSR count).